The highest BCUT2D eigenvalue weighted by Crippen LogP contribution is 2.48. The topological polar surface area (TPSA) is 14.2 Å². The van der Waals surface area contributed by atoms with Crippen molar-refractivity contribution < 1.29 is 4.74 Å². The van der Waals surface area contributed by atoms with E-state index in [1.807, 2.05) is 18.2 Å². The van der Waals surface area contributed by atoms with E-state index in [1.54, 1.807) is 0 Å². The Morgan fingerprint density at radius 2 is 1.68 bits per heavy atom. The lowest BCUT2D eigenvalue weighted by molar-refractivity contribution is 0.122. The van der Waals surface area contributed by atoms with Gasteiger partial charge in [0.25, 0.3) is 0 Å². The summed E-state index contributed by atoms with van der Waals surface area (Å²) in [5.41, 5.74) is 4.45. The van der Waals surface area contributed by atoms with Gasteiger partial charge in [-0.25, -0.2) is 0 Å². The second-order valence-electron chi connectivity index (χ2n) is 6.93. The minimum atomic E-state index is -0.117. The molecule has 28 heavy (non-hydrogen) atoms. The van der Waals surface area contributed by atoms with Gasteiger partial charge in [-0.2, -0.15) is 0 Å². The fourth-order valence-electron chi connectivity index (χ4n) is 3.91. The molecule has 140 valence electrons. The Balaban J connectivity index is 1.67. The maximum Gasteiger partial charge on any atom is 0.176 e. The van der Waals surface area contributed by atoms with Crippen LogP contribution in [0.3, 0.4) is 0 Å². The molecule has 5 heteroatoms. The molecule has 0 saturated carbocycles. The van der Waals surface area contributed by atoms with Crippen LogP contribution in [0.5, 0.6) is 5.75 Å². The van der Waals surface area contributed by atoms with Crippen molar-refractivity contribution in [2.75, 3.05) is 0 Å². The quantitative estimate of drug-likeness (QED) is 0.268. The first-order valence-corrected chi connectivity index (χ1v) is 11.1. The predicted molar refractivity (Wildman–Crippen MR) is 122 cm³/mol. The van der Waals surface area contributed by atoms with Gasteiger partial charge in [-0.1, -0.05) is 73.8 Å². The third-order valence-corrected chi connectivity index (χ3v) is 6.55. The van der Waals surface area contributed by atoms with Crippen LogP contribution in [0.1, 0.15) is 18.2 Å². The Bertz CT molecular complexity index is 1190. The number of rotatable bonds is 3. The second-order valence-corrected chi connectivity index (χ2v) is 9.14. The molecule has 0 amide bonds. The summed E-state index contributed by atoms with van der Waals surface area (Å²) >= 11 is 14.0. The fourth-order valence-corrected chi connectivity index (χ4v) is 4.95. The molecule has 5 rings (SSSR count). The van der Waals surface area contributed by atoms with Gasteiger partial charge in [-0.05, 0) is 48.4 Å². The number of hydrogen-bond acceptors (Lipinski definition) is 1. The summed E-state index contributed by atoms with van der Waals surface area (Å²) < 4.78 is 10.7. The minimum absolute atomic E-state index is 0.117. The first kappa shape index (κ1) is 18.3. The van der Waals surface area contributed by atoms with Gasteiger partial charge >= 0.3 is 0 Å². The van der Waals surface area contributed by atoms with Crippen molar-refractivity contribution in [2.45, 2.75) is 19.1 Å². The number of aromatic nitrogens is 1. The molecule has 0 bridgehead atoms. The highest BCUT2D eigenvalue weighted by atomic mass is 79.9. The van der Waals surface area contributed by atoms with Crippen LogP contribution in [0.2, 0.25) is 5.02 Å². The molecule has 2 heterocycles. The molecule has 0 N–H and O–H groups in total. The molecule has 3 aromatic carbocycles. The van der Waals surface area contributed by atoms with Gasteiger partial charge in [-0.3, -0.25) is 0 Å². The molecule has 1 atom stereocenters. The molecule has 0 aliphatic carbocycles. The number of hydrogen-bond donors (Lipinski definition) is 0. The summed E-state index contributed by atoms with van der Waals surface area (Å²) in [6.07, 6.45) is 1.68. The lowest BCUT2D eigenvalue weighted by Gasteiger charge is -2.30. The number of fused-ring (bicyclic) bond motifs is 5. The highest BCUT2D eigenvalue weighted by Gasteiger charge is 2.30. The Kier molecular flexibility index (Phi) is 4.74. The highest BCUT2D eigenvalue weighted by molar-refractivity contribution is 9.10. The van der Waals surface area contributed by atoms with Crippen LogP contribution in [-0.2, 0) is 6.42 Å². The second kappa shape index (κ2) is 7.25. The number of nitrogens with zero attached hydrogens (tertiary/aromatic N) is 1. The summed E-state index contributed by atoms with van der Waals surface area (Å²) in [4.78, 5) is 0. The zero-order chi connectivity index (χ0) is 19.3. The van der Waals surface area contributed by atoms with E-state index in [9.17, 15) is 0 Å². The molecule has 1 aliphatic heterocycles. The number of benzene rings is 3. The van der Waals surface area contributed by atoms with Crippen LogP contribution in [0, 0.1) is 0 Å². The van der Waals surface area contributed by atoms with E-state index in [4.69, 9.17) is 16.3 Å². The molecule has 0 radical (unpaired) electrons. The maximum atomic E-state index is 6.89. The third kappa shape index (κ3) is 3.08. The van der Waals surface area contributed by atoms with Crippen LogP contribution in [0.4, 0.5) is 0 Å². The van der Waals surface area contributed by atoms with Crippen molar-refractivity contribution in [3.8, 4) is 17.0 Å². The van der Waals surface area contributed by atoms with Gasteiger partial charge in [0.2, 0.25) is 0 Å². The van der Waals surface area contributed by atoms with Crippen molar-refractivity contribution >= 4 is 54.4 Å². The normalized spacial score (nSPS) is 15.2. The third-order valence-electron chi connectivity index (χ3n) is 5.18. The van der Waals surface area contributed by atoms with Crippen LogP contribution >= 0.6 is 43.5 Å². The molecule has 1 aromatic heterocycles. The number of halogens is 3. The molecule has 0 spiro atoms. The lowest BCUT2D eigenvalue weighted by atomic mass is 10.1. The van der Waals surface area contributed by atoms with Gasteiger partial charge < -0.3 is 9.30 Å². The van der Waals surface area contributed by atoms with Crippen LogP contribution in [0.25, 0.3) is 22.2 Å². The zero-order valence-electron chi connectivity index (χ0n) is 14.8. The van der Waals surface area contributed by atoms with Crippen molar-refractivity contribution in [1.82, 2.24) is 4.57 Å². The Labute approximate surface area is 185 Å². The molecule has 4 aromatic rings. The smallest absolute Gasteiger partial charge is 0.176 e. The summed E-state index contributed by atoms with van der Waals surface area (Å²) in [5.74, 6) is 0.865. The van der Waals surface area contributed by atoms with E-state index < -0.39 is 0 Å². The van der Waals surface area contributed by atoms with Gasteiger partial charge in [-0.15, -0.1) is 0 Å². The van der Waals surface area contributed by atoms with Gasteiger partial charge in [0.1, 0.15) is 5.75 Å². The van der Waals surface area contributed by atoms with Crippen molar-refractivity contribution in [3.63, 3.8) is 0 Å². The van der Waals surface area contributed by atoms with E-state index in [0.717, 1.165) is 54.7 Å². The molecule has 0 saturated heterocycles. The zero-order valence-corrected chi connectivity index (χ0v) is 18.8. The number of aryl methyl sites for hydroxylation is 1. The summed E-state index contributed by atoms with van der Waals surface area (Å²) in [6, 6.07) is 22.9. The number of ether oxygens (including phenoxy) is 1. The molecular formula is C23H16Br2ClNO. The van der Waals surface area contributed by atoms with Crippen LogP contribution in [-0.4, -0.2) is 4.57 Å². The molecule has 1 unspecified atom stereocenters. The standard InChI is InChI=1S/C23H16Br2ClNO/c24-15-8-10-19-18(12-15)22(26)23-17-9-7-16(25)13-20(17)28-21(27(19)23)11-6-14-4-2-1-3-5-14/h1-5,7-10,12-13,21H,6,11H2. The van der Waals surface area contributed by atoms with E-state index in [2.05, 4.69) is 85.0 Å². The predicted octanol–water partition coefficient (Wildman–Crippen LogP) is 8.01. The Hall–Kier alpha value is -1.75. The maximum absolute atomic E-state index is 6.89. The van der Waals surface area contributed by atoms with Crippen molar-refractivity contribution in [2.24, 2.45) is 0 Å². The molecular weight excluding hydrogens is 502 g/mol. The van der Waals surface area contributed by atoms with E-state index >= 15 is 0 Å². The summed E-state index contributed by atoms with van der Waals surface area (Å²) in [6.45, 7) is 0. The first-order chi connectivity index (χ1) is 13.6. The molecule has 2 nitrogen and oxygen atoms in total. The first-order valence-electron chi connectivity index (χ1n) is 9.11. The fraction of sp³-hybridized carbons (Fsp3) is 0.130. The lowest BCUT2D eigenvalue weighted by Crippen LogP contribution is -2.21. The molecule has 0 fully saturated rings. The van der Waals surface area contributed by atoms with Gasteiger partial charge in [0, 0.05) is 26.3 Å². The monoisotopic (exact) mass is 515 g/mol. The van der Waals surface area contributed by atoms with E-state index in [-0.39, 0.29) is 6.23 Å². The Morgan fingerprint density at radius 3 is 2.50 bits per heavy atom. The largest absolute Gasteiger partial charge is 0.469 e. The van der Waals surface area contributed by atoms with E-state index in [0.29, 0.717) is 0 Å². The average molecular weight is 518 g/mol. The SMILES string of the molecule is Clc1c2n(c3ccc(Br)cc13)C(CCc1ccccc1)Oc1cc(Br)ccc1-2. The van der Waals surface area contributed by atoms with Gasteiger partial charge in [0.15, 0.2) is 6.23 Å². The van der Waals surface area contributed by atoms with Crippen LogP contribution < -0.4 is 4.74 Å². The molecule has 1 aliphatic rings. The van der Waals surface area contributed by atoms with Crippen LogP contribution in [0.15, 0.2) is 75.7 Å². The van der Waals surface area contributed by atoms with Crippen molar-refractivity contribution in [1.29, 1.82) is 0 Å². The summed E-state index contributed by atoms with van der Waals surface area (Å²) in [7, 11) is 0. The summed E-state index contributed by atoms with van der Waals surface area (Å²) in [5, 5.41) is 1.81. The average Bonchev–Trinajstić information content (AvgIpc) is 2.99. The van der Waals surface area contributed by atoms with Gasteiger partial charge in [0.05, 0.1) is 16.2 Å². The van der Waals surface area contributed by atoms with Crippen molar-refractivity contribution in [3.05, 3.63) is 86.3 Å². The van der Waals surface area contributed by atoms with E-state index in [1.165, 1.54) is 5.56 Å². The Morgan fingerprint density at radius 1 is 0.929 bits per heavy atom. The minimum Gasteiger partial charge on any atom is -0.469 e.